The third-order valence-electron chi connectivity index (χ3n) is 4.42. The first kappa shape index (κ1) is 22.0. The molecular weight excluding hydrogens is 428 g/mol. The molecule has 1 unspecified atom stereocenters. The molecule has 1 fully saturated rings. The van der Waals surface area contributed by atoms with Crippen LogP contribution in [0.2, 0.25) is 0 Å². The lowest BCUT2D eigenvalue weighted by molar-refractivity contribution is -0.169. The molecular formula is C17H14F8N4O. The maximum Gasteiger partial charge on any atom is 0.416 e. The predicted octanol–water partition coefficient (Wildman–Crippen LogP) is 4.10. The van der Waals surface area contributed by atoms with Crippen molar-refractivity contribution in [1.82, 2.24) is 19.7 Å². The summed E-state index contributed by atoms with van der Waals surface area (Å²) in [6.45, 7) is -0.113. The molecule has 1 aliphatic rings. The van der Waals surface area contributed by atoms with Crippen molar-refractivity contribution in [2.75, 3.05) is 13.1 Å². The molecule has 2 heterocycles. The van der Waals surface area contributed by atoms with Gasteiger partial charge in [-0.05, 0) is 18.2 Å². The molecule has 0 aliphatic carbocycles. The Labute approximate surface area is 164 Å². The molecule has 1 atom stereocenters. The second-order valence-electron chi connectivity index (χ2n) is 7.04. The molecule has 1 aromatic carbocycles. The Hall–Kier alpha value is -2.73. The van der Waals surface area contributed by atoms with Crippen LogP contribution in [0.4, 0.5) is 35.1 Å². The van der Waals surface area contributed by atoms with Crippen molar-refractivity contribution in [3.63, 3.8) is 0 Å². The van der Waals surface area contributed by atoms with Gasteiger partial charge in [0.2, 0.25) is 5.91 Å². The van der Waals surface area contributed by atoms with Gasteiger partial charge in [0.25, 0.3) is 5.92 Å². The van der Waals surface area contributed by atoms with Crippen LogP contribution < -0.4 is 0 Å². The number of aromatic nitrogens is 3. The standard InChI is InChI=1S/C17H14F8N4O/c1-9(14(30)28-6-15(18,19)7-28)5-29-8-26-13(27-29)10-2-11(16(20,21)22)4-12(3-10)17(23,24)25/h2-4,8-9H,5-7H2,1H3. The van der Waals surface area contributed by atoms with Gasteiger partial charge in [0.05, 0.1) is 36.7 Å². The van der Waals surface area contributed by atoms with E-state index in [4.69, 9.17) is 0 Å². The molecule has 2 aromatic rings. The Morgan fingerprint density at radius 2 is 1.60 bits per heavy atom. The smallest absolute Gasteiger partial charge is 0.330 e. The second-order valence-corrected chi connectivity index (χ2v) is 7.04. The highest BCUT2D eigenvalue weighted by Gasteiger charge is 2.47. The van der Waals surface area contributed by atoms with Crippen molar-refractivity contribution in [2.24, 2.45) is 5.92 Å². The van der Waals surface area contributed by atoms with Gasteiger partial charge >= 0.3 is 12.4 Å². The van der Waals surface area contributed by atoms with E-state index >= 15 is 0 Å². The van der Waals surface area contributed by atoms with E-state index in [1.807, 2.05) is 0 Å². The molecule has 164 valence electrons. The summed E-state index contributed by atoms with van der Waals surface area (Å²) in [5.74, 6) is -4.71. The van der Waals surface area contributed by atoms with Crippen LogP contribution in [0.5, 0.6) is 0 Å². The largest absolute Gasteiger partial charge is 0.416 e. The van der Waals surface area contributed by atoms with E-state index in [0.29, 0.717) is 12.1 Å². The van der Waals surface area contributed by atoms with Crippen LogP contribution in [-0.2, 0) is 23.7 Å². The number of carbonyl (C=O) groups is 1. The zero-order valence-electron chi connectivity index (χ0n) is 15.2. The summed E-state index contributed by atoms with van der Waals surface area (Å²) in [6, 6.07) is 0.974. The fourth-order valence-electron chi connectivity index (χ4n) is 2.94. The first-order chi connectivity index (χ1) is 13.7. The number of nitrogens with zero attached hydrogens (tertiary/aromatic N) is 4. The Bertz CT molecular complexity index is 910. The Morgan fingerprint density at radius 1 is 1.07 bits per heavy atom. The average molecular weight is 442 g/mol. The summed E-state index contributed by atoms with van der Waals surface area (Å²) in [5.41, 5.74) is -3.52. The van der Waals surface area contributed by atoms with Crippen molar-refractivity contribution < 1.29 is 39.9 Å². The van der Waals surface area contributed by atoms with E-state index in [-0.39, 0.29) is 12.6 Å². The average Bonchev–Trinajstić information content (AvgIpc) is 3.05. The number of likely N-dealkylation sites (tertiary alicyclic amines) is 1. The summed E-state index contributed by atoms with van der Waals surface area (Å²) in [6.07, 6.45) is -8.99. The minimum absolute atomic E-state index is 0.00984. The zero-order valence-corrected chi connectivity index (χ0v) is 15.2. The van der Waals surface area contributed by atoms with Crippen LogP contribution >= 0.6 is 0 Å². The third-order valence-corrected chi connectivity index (χ3v) is 4.42. The van der Waals surface area contributed by atoms with Gasteiger partial charge in [-0.25, -0.2) is 13.8 Å². The van der Waals surface area contributed by atoms with Gasteiger partial charge in [0, 0.05) is 5.56 Å². The van der Waals surface area contributed by atoms with E-state index in [2.05, 4.69) is 10.1 Å². The van der Waals surface area contributed by atoms with Crippen LogP contribution in [-0.4, -0.2) is 44.6 Å². The van der Waals surface area contributed by atoms with Crippen LogP contribution in [0.3, 0.4) is 0 Å². The molecule has 13 heteroatoms. The number of alkyl halides is 8. The van der Waals surface area contributed by atoms with E-state index < -0.39 is 65.7 Å². The monoisotopic (exact) mass is 442 g/mol. The summed E-state index contributed by atoms with van der Waals surface area (Å²) >= 11 is 0. The highest BCUT2D eigenvalue weighted by Crippen LogP contribution is 2.38. The molecule has 1 amide bonds. The maximum atomic E-state index is 13.0. The van der Waals surface area contributed by atoms with Gasteiger partial charge in [-0.1, -0.05) is 6.92 Å². The SMILES string of the molecule is CC(Cn1cnc(-c2cc(C(F)(F)F)cc(C(F)(F)F)c2)n1)C(=O)N1CC(F)(F)C1. The maximum absolute atomic E-state index is 13.0. The Morgan fingerprint density at radius 3 is 2.07 bits per heavy atom. The van der Waals surface area contributed by atoms with E-state index in [9.17, 15) is 39.9 Å². The molecule has 1 aromatic heterocycles. The lowest BCUT2D eigenvalue weighted by Crippen LogP contribution is -2.59. The van der Waals surface area contributed by atoms with Gasteiger partial charge in [-0.15, -0.1) is 0 Å². The van der Waals surface area contributed by atoms with Gasteiger partial charge in [0.15, 0.2) is 5.82 Å². The number of amides is 1. The summed E-state index contributed by atoms with van der Waals surface area (Å²) in [5, 5.41) is 3.83. The summed E-state index contributed by atoms with van der Waals surface area (Å²) < 4.78 is 105. The van der Waals surface area contributed by atoms with Gasteiger partial charge < -0.3 is 4.90 Å². The molecule has 0 radical (unpaired) electrons. The first-order valence-electron chi connectivity index (χ1n) is 8.52. The lowest BCUT2D eigenvalue weighted by atomic mass is 10.0. The number of rotatable bonds is 4. The number of hydrogen-bond donors (Lipinski definition) is 0. The third kappa shape index (κ3) is 4.70. The molecule has 1 saturated heterocycles. The molecule has 0 saturated carbocycles. The summed E-state index contributed by atoms with van der Waals surface area (Å²) in [4.78, 5) is 16.8. The highest BCUT2D eigenvalue weighted by atomic mass is 19.4. The molecule has 0 N–H and O–H groups in total. The fraction of sp³-hybridized carbons (Fsp3) is 0.471. The zero-order chi connectivity index (χ0) is 22.5. The van der Waals surface area contributed by atoms with Crippen LogP contribution in [0.1, 0.15) is 18.1 Å². The van der Waals surface area contributed by atoms with Crippen molar-refractivity contribution in [3.8, 4) is 11.4 Å². The van der Waals surface area contributed by atoms with Crippen LogP contribution in [0, 0.1) is 5.92 Å². The molecule has 0 bridgehead atoms. The topological polar surface area (TPSA) is 51.0 Å². The van der Waals surface area contributed by atoms with Gasteiger partial charge in [0.1, 0.15) is 6.33 Å². The molecule has 1 aliphatic heterocycles. The van der Waals surface area contributed by atoms with E-state index in [1.54, 1.807) is 0 Å². The van der Waals surface area contributed by atoms with Crippen molar-refractivity contribution in [2.45, 2.75) is 31.7 Å². The van der Waals surface area contributed by atoms with E-state index in [0.717, 1.165) is 15.9 Å². The number of benzene rings is 1. The van der Waals surface area contributed by atoms with Gasteiger partial charge in [-0.2, -0.15) is 31.4 Å². The number of carbonyl (C=O) groups excluding carboxylic acids is 1. The lowest BCUT2D eigenvalue weighted by Gasteiger charge is -2.39. The van der Waals surface area contributed by atoms with Crippen molar-refractivity contribution in [1.29, 1.82) is 0 Å². The Balaban J connectivity index is 1.81. The second kappa shape index (κ2) is 7.20. The van der Waals surface area contributed by atoms with Crippen LogP contribution in [0.15, 0.2) is 24.5 Å². The fourth-order valence-corrected chi connectivity index (χ4v) is 2.94. The quantitative estimate of drug-likeness (QED) is 0.671. The molecule has 5 nitrogen and oxygen atoms in total. The highest BCUT2D eigenvalue weighted by molar-refractivity contribution is 5.79. The number of halogens is 8. The van der Waals surface area contributed by atoms with Gasteiger partial charge in [-0.3, -0.25) is 9.48 Å². The summed E-state index contributed by atoms with van der Waals surface area (Å²) in [7, 11) is 0. The Kier molecular flexibility index (Phi) is 5.27. The van der Waals surface area contributed by atoms with Crippen molar-refractivity contribution >= 4 is 5.91 Å². The van der Waals surface area contributed by atoms with Crippen molar-refractivity contribution in [3.05, 3.63) is 35.7 Å². The molecule has 3 rings (SSSR count). The minimum atomic E-state index is -5.02. The normalized spacial score (nSPS) is 17.6. The molecule has 0 spiro atoms. The first-order valence-corrected chi connectivity index (χ1v) is 8.52. The number of hydrogen-bond acceptors (Lipinski definition) is 3. The molecule has 30 heavy (non-hydrogen) atoms. The van der Waals surface area contributed by atoms with Crippen LogP contribution in [0.25, 0.3) is 11.4 Å². The minimum Gasteiger partial charge on any atom is -0.330 e. The van der Waals surface area contributed by atoms with E-state index in [1.165, 1.54) is 6.92 Å². The predicted molar refractivity (Wildman–Crippen MR) is 86.2 cm³/mol.